The summed E-state index contributed by atoms with van der Waals surface area (Å²) in [5, 5.41) is 2.66. The molecule has 2 aliphatic rings. The predicted molar refractivity (Wildman–Crippen MR) is 96.8 cm³/mol. The molecule has 0 spiro atoms. The van der Waals surface area contributed by atoms with Gasteiger partial charge in [0.1, 0.15) is 0 Å². The molecule has 0 unspecified atom stereocenters. The molecule has 1 aromatic carbocycles. The number of carbonyl (C=O) groups excluding carboxylic acids is 1. The second-order valence-electron chi connectivity index (χ2n) is 7.00. The van der Waals surface area contributed by atoms with Crippen molar-refractivity contribution >= 4 is 11.7 Å². The van der Waals surface area contributed by atoms with Crippen LogP contribution < -0.4 is 10.2 Å². The number of urea groups is 1. The van der Waals surface area contributed by atoms with Gasteiger partial charge in [-0.15, -0.1) is 0 Å². The Balaban J connectivity index is 1.70. The number of rotatable bonds is 3. The molecule has 2 amide bonds. The zero-order valence-electron chi connectivity index (χ0n) is 15.4. The van der Waals surface area contributed by atoms with E-state index in [0.29, 0.717) is 45.1 Å². The number of morpholine rings is 1. The summed E-state index contributed by atoms with van der Waals surface area (Å²) < 4.78 is 45.9. The van der Waals surface area contributed by atoms with Gasteiger partial charge in [0.05, 0.1) is 18.8 Å². The molecule has 0 saturated carbocycles. The van der Waals surface area contributed by atoms with Gasteiger partial charge in [0.25, 0.3) is 0 Å². The number of halogens is 3. The molecule has 5 nitrogen and oxygen atoms in total. The van der Waals surface area contributed by atoms with Crippen molar-refractivity contribution < 1.29 is 22.7 Å². The van der Waals surface area contributed by atoms with Crippen molar-refractivity contribution in [2.24, 2.45) is 0 Å². The van der Waals surface area contributed by atoms with E-state index in [1.807, 2.05) is 4.90 Å². The van der Waals surface area contributed by atoms with Gasteiger partial charge in [-0.2, -0.15) is 13.2 Å². The van der Waals surface area contributed by atoms with Gasteiger partial charge in [0, 0.05) is 38.4 Å². The van der Waals surface area contributed by atoms with Crippen LogP contribution >= 0.6 is 0 Å². The summed E-state index contributed by atoms with van der Waals surface area (Å²) in [7, 11) is 0. The normalized spacial score (nSPS) is 18.9. The van der Waals surface area contributed by atoms with Crippen LogP contribution in [-0.4, -0.2) is 50.3 Å². The highest BCUT2D eigenvalue weighted by Gasteiger charge is 2.34. The van der Waals surface area contributed by atoms with E-state index in [2.05, 4.69) is 5.32 Å². The standard InChI is InChI=1S/C19H26F3N3O2/c20-19(21,22)17-13-16(24-9-11-27-12-10-24)6-5-15(17)14-23-18(26)25-7-3-1-2-4-8-25/h5-6,13H,1-4,7-12,14H2,(H,23,26). The first-order valence-electron chi connectivity index (χ1n) is 9.51. The summed E-state index contributed by atoms with van der Waals surface area (Å²) in [6.45, 7) is 3.35. The van der Waals surface area contributed by atoms with E-state index in [1.54, 1.807) is 11.0 Å². The molecule has 0 atom stereocenters. The van der Waals surface area contributed by atoms with Crippen molar-refractivity contribution in [1.29, 1.82) is 0 Å². The monoisotopic (exact) mass is 385 g/mol. The number of hydrogen-bond donors (Lipinski definition) is 1. The third-order valence-electron chi connectivity index (χ3n) is 5.10. The molecule has 2 saturated heterocycles. The second-order valence-corrected chi connectivity index (χ2v) is 7.00. The lowest BCUT2D eigenvalue weighted by Crippen LogP contribution is -2.40. The van der Waals surface area contributed by atoms with Gasteiger partial charge in [-0.3, -0.25) is 0 Å². The van der Waals surface area contributed by atoms with E-state index in [1.165, 1.54) is 12.1 Å². The van der Waals surface area contributed by atoms with Crippen LogP contribution in [0.2, 0.25) is 0 Å². The lowest BCUT2D eigenvalue weighted by molar-refractivity contribution is -0.138. The molecule has 0 aliphatic carbocycles. The molecule has 1 N–H and O–H groups in total. The van der Waals surface area contributed by atoms with Crippen LogP contribution in [0, 0.1) is 0 Å². The van der Waals surface area contributed by atoms with E-state index < -0.39 is 11.7 Å². The fourth-order valence-corrected chi connectivity index (χ4v) is 3.56. The Bertz CT molecular complexity index is 638. The van der Waals surface area contributed by atoms with Crippen LogP contribution in [0.25, 0.3) is 0 Å². The van der Waals surface area contributed by atoms with Crippen molar-refractivity contribution in [2.75, 3.05) is 44.3 Å². The molecule has 27 heavy (non-hydrogen) atoms. The zero-order valence-corrected chi connectivity index (χ0v) is 15.4. The molecule has 2 fully saturated rings. The average Bonchev–Trinajstić information content (AvgIpc) is 2.95. The van der Waals surface area contributed by atoms with Crippen molar-refractivity contribution in [3.8, 4) is 0 Å². The van der Waals surface area contributed by atoms with E-state index in [0.717, 1.165) is 25.7 Å². The molecule has 1 aromatic rings. The summed E-state index contributed by atoms with van der Waals surface area (Å²) in [6.07, 6.45) is -0.411. The third kappa shape index (κ3) is 5.28. The fraction of sp³-hybridized carbons (Fsp3) is 0.632. The van der Waals surface area contributed by atoms with Crippen LogP contribution in [0.15, 0.2) is 18.2 Å². The summed E-state index contributed by atoms with van der Waals surface area (Å²) in [5.74, 6) is 0. The molecule has 0 bridgehead atoms. The molecular formula is C19H26F3N3O2. The minimum atomic E-state index is -4.47. The van der Waals surface area contributed by atoms with Crippen molar-refractivity contribution in [2.45, 2.75) is 38.4 Å². The van der Waals surface area contributed by atoms with Gasteiger partial charge in [-0.1, -0.05) is 18.9 Å². The van der Waals surface area contributed by atoms with Crippen molar-refractivity contribution in [3.05, 3.63) is 29.3 Å². The fourth-order valence-electron chi connectivity index (χ4n) is 3.56. The highest BCUT2D eigenvalue weighted by Crippen LogP contribution is 2.35. The van der Waals surface area contributed by atoms with Crippen molar-refractivity contribution in [3.63, 3.8) is 0 Å². The number of carbonyl (C=O) groups is 1. The van der Waals surface area contributed by atoms with E-state index in [-0.39, 0.29) is 18.1 Å². The summed E-state index contributed by atoms with van der Waals surface area (Å²) in [6, 6.07) is 4.05. The number of ether oxygens (including phenoxy) is 1. The van der Waals surface area contributed by atoms with Gasteiger partial charge in [0.2, 0.25) is 0 Å². The highest BCUT2D eigenvalue weighted by atomic mass is 19.4. The Morgan fingerprint density at radius 2 is 1.70 bits per heavy atom. The number of nitrogens with one attached hydrogen (secondary N) is 1. The maximum atomic E-state index is 13.6. The van der Waals surface area contributed by atoms with Gasteiger partial charge < -0.3 is 19.9 Å². The van der Waals surface area contributed by atoms with Gasteiger partial charge in [-0.25, -0.2) is 4.79 Å². The van der Waals surface area contributed by atoms with E-state index in [9.17, 15) is 18.0 Å². The largest absolute Gasteiger partial charge is 0.416 e. The summed E-state index contributed by atoms with van der Waals surface area (Å²) in [4.78, 5) is 15.9. The van der Waals surface area contributed by atoms with Crippen molar-refractivity contribution in [1.82, 2.24) is 10.2 Å². The second kappa shape index (κ2) is 8.82. The molecule has 3 rings (SSSR count). The Hall–Kier alpha value is -1.96. The Morgan fingerprint density at radius 1 is 1.04 bits per heavy atom. The lowest BCUT2D eigenvalue weighted by atomic mass is 10.0. The maximum absolute atomic E-state index is 13.6. The zero-order chi connectivity index (χ0) is 19.3. The first kappa shape index (κ1) is 19.8. The summed E-state index contributed by atoms with van der Waals surface area (Å²) >= 11 is 0. The van der Waals surface area contributed by atoms with E-state index >= 15 is 0 Å². The van der Waals surface area contributed by atoms with Crippen LogP contribution in [0.3, 0.4) is 0 Å². The molecular weight excluding hydrogens is 359 g/mol. The quantitative estimate of drug-likeness (QED) is 0.864. The Labute approximate surface area is 157 Å². The van der Waals surface area contributed by atoms with E-state index in [4.69, 9.17) is 4.74 Å². The predicted octanol–water partition coefficient (Wildman–Crippen LogP) is 3.63. The number of nitrogens with zero attached hydrogens (tertiary/aromatic N) is 2. The topological polar surface area (TPSA) is 44.8 Å². The minimum Gasteiger partial charge on any atom is -0.378 e. The summed E-state index contributed by atoms with van der Waals surface area (Å²) in [5.41, 5.74) is -0.0708. The average molecular weight is 385 g/mol. The molecule has 2 aliphatic heterocycles. The smallest absolute Gasteiger partial charge is 0.378 e. The molecule has 0 aromatic heterocycles. The number of likely N-dealkylation sites (tertiary alicyclic amines) is 1. The minimum absolute atomic E-state index is 0.0858. The molecule has 2 heterocycles. The van der Waals surface area contributed by atoms with Gasteiger partial charge in [-0.05, 0) is 30.5 Å². The van der Waals surface area contributed by atoms with Crippen LogP contribution in [-0.2, 0) is 17.5 Å². The van der Waals surface area contributed by atoms with Gasteiger partial charge in [0.15, 0.2) is 0 Å². The van der Waals surface area contributed by atoms with Gasteiger partial charge >= 0.3 is 12.2 Å². The number of benzene rings is 1. The first-order chi connectivity index (χ1) is 12.9. The molecule has 0 radical (unpaired) electrons. The first-order valence-corrected chi connectivity index (χ1v) is 9.51. The van der Waals surface area contributed by atoms with Crippen LogP contribution in [0.4, 0.5) is 23.7 Å². The SMILES string of the molecule is O=C(NCc1ccc(N2CCOCC2)cc1C(F)(F)F)N1CCCCCC1. The number of anilines is 1. The maximum Gasteiger partial charge on any atom is 0.416 e. The van der Waals surface area contributed by atoms with Crippen LogP contribution in [0.5, 0.6) is 0 Å². The van der Waals surface area contributed by atoms with Crippen LogP contribution in [0.1, 0.15) is 36.8 Å². The third-order valence-corrected chi connectivity index (χ3v) is 5.10. The highest BCUT2D eigenvalue weighted by molar-refractivity contribution is 5.74. The molecule has 8 heteroatoms. The number of amides is 2. The Kier molecular flexibility index (Phi) is 6.46. The molecule has 150 valence electrons. The number of hydrogen-bond acceptors (Lipinski definition) is 3. The lowest BCUT2D eigenvalue weighted by Gasteiger charge is -2.30. The Morgan fingerprint density at radius 3 is 2.33 bits per heavy atom. The number of alkyl halides is 3.